The lowest BCUT2D eigenvalue weighted by molar-refractivity contribution is -0.251. The smallest absolute Gasteiger partial charge is 0.268 e. The molecule has 0 aliphatic heterocycles. The monoisotopic (exact) mass is 463 g/mol. The number of hydrogen-bond acceptors (Lipinski definition) is 5. The van der Waals surface area contributed by atoms with E-state index in [1.807, 2.05) is 0 Å². The summed E-state index contributed by atoms with van der Waals surface area (Å²) in [5.74, 6) is -0.145. The fourth-order valence-corrected chi connectivity index (χ4v) is 5.16. The van der Waals surface area contributed by atoms with E-state index in [2.05, 4.69) is 15.3 Å². The lowest BCUT2D eigenvalue weighted by Gasteiger charge is -2.07. The molecule has 2 aromatic heterocycles. The summed E-state index contributed by atoms with van der Waals surface area (Å²) in [5, 5.41) is 13.3. The van der Waals surface area contributed by atoms with Gasteiger partial charge in [0.25, 0.3) is 10.0 Å². The second kappa shape index (κ2) is 7.75. The first-order chi connectivity index (χ1) is 15.8. The number of benzene rings is 3. The predicted molar refractivity (Wildman–Crippen MR) is 118 cm³/mol. The van der Waals surface area contributed by atoms with E-state index in [0.717, 1.165) is 3.97 Å². The largest absolute Gasteiger partial charge is 0.530 e. The number of nitrogens with zero attached hydrogens (tertiary/aromatic N) is 2. The van der Waals surface area contributed by atoms with Crippen LogP contribution in [0.1, 0.15) is 5.82 Å². The van der Waals surface area contributed by atoms with Crippen molar-refractivity contribution in [3.8, 4) is 11.1 Å². The maximum absolute atomic E-state index is 14.1. The third-order valence-corrected chi connectivity index (χ3v) is 6.96. The average molecular weight is 463 g/mol. The molecule has 166 valence electrons. The first-order valence-corrected chi connectivity index (χ1v) is 11.3. The van der Waals surface area contributed by atoms with Crippen molar-refractivity contribution in [1.29, 1.82) is 0 Å². The van der Waals surface area contributed by atoms with Gasteiger partial charge in [0.15, 0.2) is 0 Å². The molecule has 0 saturated heterocycles. The number of carbonyl (C=O) groups excluding carboxylic acids is 1. The highest BCUT2D eigenvalue weighted by Crippen LogP contribution is 2.34. The number of H-pyrrole nitrogens is 1. The van der Waals surface area contributed by atoms with Crippen LogP contribution in [-0.2, 0) is 16.6 Å². The number of aromatic amines is 1. The number of imidazole rings is 1. The van der Waals surface area contributed by atoms with E-state index in [4.69, 9.17) is 0 Å². The minimum atomic E-state index is -3.96. The first kappa shape index (κ1) is 20.7. The summed E-state index contributed by atoms with van der Waals surface area (Å²) in [6.45, 7) is -0.0414. The van der Waals surface area contributed by atoms with Crippen LogP contribution in [0.5, 0.6) is 0 Å². The van der Waals surface area contributed by atoms with Gasteiger partial charge in [-0.3, -0.25) is 0 Å². The molecular formula is C23H16FN4O4S-. The Morgan fingerprint density at radius 2 is 1.88 bits per heavy atom. The molecule has 0 saturated carbocycles. The van der Waals surface area contributed by atoms with Crippen LogP contribution in [0.4, 0.5) is 9.18 Å². The second-order valence-corrected chi connectivity index (χ2v) is 9.19. The van der Waals surface area contributed by atoms with E-state index in [-0.39, 0.29) is 17.0 Å². The van der Waals surface area contributed by atoms with Crippen molar-refractivity contribution in [2.24, 2.45) is 0 Å². The lowest BCUT2D eigenvalue weighted by atomic mass is 10.0. The Morgan fingerprint density at radius 1 is 1.09 bits per heavy atom. The molecule has 0 aliphatic rings. The van der Waals surface area contributed by atoms with Gasteiger partial charge >= 0.3 is 0 Å². The van der Waals surface area contributed by atoms with E-state index in [9.17, 15) is 22.7 Å². The molecule has 8 nitrogen and oxygen atoms in total. The number of carboxylic acid groups (broad SMARTS) is 1. The summed E-state index contributed by atoms with van der Waals surface area (Å²) in [6.07, 6.45) is 0.0681. The fourth-order valence-electron chi connectivity index (χ4n) is 3.78. The highest BCUT2D eigenvalue weighted by Gasteiger charge is 2.22. The quantitative estimate of drug-likeness (QED) is 0.415. The van der Waals surface area contributed by atoms with Gasteiger partial charge < -0.3 is 20.2 Å². The number of fused-ring (bicyclic) bond motifs is 2. The Labute approximate surface area is 187 Å². The van der Waals surface area contributed by atoms with Crippen molar-refractivity contribution in [3.63, 3.8) is 0 Å². The molecule has 2 N–H and O–H groups in total. The molecule has 5 aromatic rings. The van der Waals surface area contributed by atoms with Crippen molar-refractivity contribution in [1.82, 2.24) is 19.3 Å². The van der Waals surface area contributed by atoms with Gasteiger partial charge in [-0.25, -0.2) is 21.8 Å². The summed E-state index contributed by atoms with van der Waals surface area (Å²) >= 11 is 0. The van der Waals surface area contributed by atoms with E-state index in [1.54, 1.807) is 42.5 Å². The molecule has 0 spiro atoms. The van der Waals surface area contributed by atoms with E-state index >= 15 is 0 Å². The second-order valence-electron chi connectivity index (χ2n) is 7.37. The fraction of sp³-hybridized carbons (Fsp3) is 0.0435. The summed E-state index contributed by atoms with van der Waals surface area (Å²) in [6, 6.07) is 17.2. The normalized spacial score (nSPS) is 11.8. The SMILES string of the molecule is O=C([O-])NCc1nc2ccc(-c3cn(S(=O)(=O)c4ccccc4)c4cc(F)ccc34)cc2[nH]1. The van der Waals surface area contributed by atoms with Crippen molar-refractivity contribution in [3.05, 3.63) is 84.6 Å². The van der Waals surface area contributed by atoms with Crippen LogP contribution in [0.25, 0.3) is 33.1 Å². The lowest BCUT2D eigenvalue weighted by Crippen LogP contribution is -2.36. The van der Waals surface area contributed by atoms with E-state index in [1.165, 1.54) is 30.5 Å². The molecule has 0 bridgehead atoms. The molecule has 3 aromatic carbocycles. The number of hydrogen-bond donors (Lipinski definition) is 2. The van der Waals surface area contributed by atoms with Gasteiger partial charge in [-0.15, -0.1) is 0 Å². The van der Waals surface area contributed by atoms with Gasteiger partial charge in [0.1, 0.15) is 17.7 Å². The standard InChI is InChI=1S/C23H17FN4O4S/c24-15-7-8-17-18(13-28(21(17)11-15)33(31,32)16-4-2-1-3-5-16)14-6-9-19-20(10-14)27-22(26-19)12-25-23(29)30/h1-11,13,25H,12H2,(H,26,27)(H,29,30)/p-1. The molecule has 0 aliphatic carbocycles. The minimum Gasteiger partial charge on any atom is -0.530 e. The third-order valence-electron chi connectivity index (χ3n) is 5.28. The highest BCUT2D eigenvalue weighted by molar-refractivity contribution is 7.90. The van der Waals surface area contributed by atoms with Gasteiger partial charge in [0, 0.05) is 17.1 Å². The zero-order chi connectivity index (χ0) is 23.2. The summed E-state index contributed by atoms with van der Waals surface area (Å²) in [5.41, 5.74) is 2.74. The van der Waals surface area contributed by atoms with Crippen LogP contribution >= 0.6 is 0 Å². The van der Waals surface area contributed by atoms with Crippen LogP contribution < -0.4 is 10.4 Å². The van der Waals surface area contributed by atoms with Crippen molar-refractivity contribution >= 4 is 38.1 Å². The Bertz CT molecular complexity index is 1620. The summed E-state index contributed by atoms with van der Waals surface area (Å²) < 4.78 is 41.8. The Hall–Kier alpha value is -4.18. The van der Waals surface area contributed by atoms with Gasteiger partial charge in [-0.1, -0.05) is 24.3 Å². The van der Waals surface area contributed by atoms with Gasteiger partial charge in [-0.2, -0.15) is 0 Å². The summed E-state index contributed by atoms with van der Waals surface area (Å²) in [7, 11) is -3.96. The molecule has 2 heterocycles. The van der Waals surface area contributed by atoms with Gasteiger partial charge in [0.05, 0.1) is 28.0 Å². The zero-order valence-electron chi connectivity index (χ0n) is 16.9. The van der Waals surface area contributed by atoms with Crippen molar-refractivity contribution in [2.45, 2.75) is 11.4 Å². The van der Waals surface area contributed by atoms with Crippen LogP contribution in [0.2, 0.25) is 0 Å². The maximum atomic E-state index is 14.1. The summed E-state index contributed by atoms with van der Waals surface area (Å²) in [4.78, 5) is 18.1. The van der Waals surface area contributed by atoms with Crippen LogP contribution in [0, 0.1) is 5.82 Å². The Kier molecular flexibility index (Phi) is 4.86. The highest BCUT2D eigenvalue weighted by atomic mass is 32.2. The molecule has 10 heteroatoms. The number of amides is 1. The molecular weight excluding hydrogens is 447 g/mol. The number of halogens is 1. The molecule has 0 fully saturated rings. The molecule has 5 rings (SSSR count). The maximum Gasteiger partial charge on any atom is 0.268 e. The Morgan fingerprint density at radius 3 is 2.64 bits per heavy atom. The molecule has 1 amide bonds. The first-order valence-electron chi connectivity index (χ1n) is 9.88. The zero-order valence-corrected chi connectivity index (χ0v) is 17.8. The number of aromatic nitrogens is 3. The van der Waals surface area contributed by atoms with Crippen molar-refractivity contribution < 1.29 is 22.7 Å². The molecule has 33 heavy (non-hydrogen) atoms. The van der Waals surface area contributed by atoms with E-state index in [0.29, 0.717) is 33.4 Å². The van der Waals surface area contributed by atoms with Crippen LogP contribution in [-0.4, -0.2) is 28.5 Å². The third kappa shape index (κ3) is 3.70. The molecule has 0 atom stereocenters. The van der Waals surface area contributed by atoms with Crippen molar-refractivity contribution in [2.75, 3.05) is 0 Å². The van der Waals surface area contributed by atoms with Crippen LogP contribution in [0.3, 0.4) is 0 Å². The topological polar surface area (TPSA) is 120 Å². The Balaban J connectivity index is 1.66. The van der Waals surface area contributed by atoms with Crippen LogP contribution in [0.15, 0.2) is 77.8 Å². The molecule has 0 unspecified atom stereocenters. The number of nitrogens with one attached hydrogen (secondary N) is 2. The number of rotatable bonds is 5. The molecule has 0 radical (unpaired) electrons. The minimum absolute atomic E-state index is 0.0414. The van der Waals surface area contributed by atoms with Gasteiger partial charge in [-0.05, 0) is 48.0 Å². The van der Waals surface area contributed by atoms with E-state index < -0.39 is 21.9 Å². The average Bonchev–Trinajstić information content (AvgIpc) is 3.39. The number of carbonyl (C=O) groups is 1. The predicted octanol–water partition coefficient (Wildman–Crippen LogP) is 2.99. The van der Waals surface area contributed by atoms with Gasteiger partial charge in [0.2, 0.25) is 0 Å².